The number of rotatable bonds is 8. The molecule has 0 fully saturated rings. The molecule has 1 aromatic carbocycles. The Morgan fingerprint density at radius 2 is 1.59 bits per heavy atom. The molecule has 0 unspecified atom stereocenters. The largest absolute Gasteiger partial charge is 0.481 e. The van der Waals surface area contributed by atoms with Gasteiger partial charge in [-0.05, 0) is 31.2 Å². The molecule has 0 aliphatic rings. The van der Waals surface area contributed by atoms with E-state index in [9.17, 15) is 27.2 Å². The third kappa shape index (κ3) is 5.65. The van der Waals surface area contributed by atoms with Crippen LogP contribution in [-0.4, -0.2) is 54.7 Å². The van der Waals surface area contributed by atoms with Gasteiger partial charge in [-0.3, -0.25) is 10.6 Å². The van der Waals surface area contributed by atoms with Crippen LogP contribution in [0.25, 0.3) is 0 Å². The first kappa shape index (κ1) is 24.4. The summed E-state index contributed by atoms with van der Waals surface area (Å²) in [6.07, 6.45) is -5.50. The second kappa shape index (κ2) is 9.98. The minimum atomic E-state index is -5.50. The highest BCUT2D eigenvalue weighted by Crippen LogP contribution is 2.34. The molecule has 2 rings (SSSR count). The van der Waals surface area contributed by atoms with Gasteiger partial charge in [0.15, 0.2) is 0 Å². The van der Waals surface area contributed by atoms with E-state index in [1.807, 2.05) is 5.32 Å². The first-order valence-corrected chi connectivity index (χ1v) is 8.79. The number of nitrogens with one attached hydrogen (secondary N) is 2. The van der Waals surface area contributed by atoms with Crippen LogP contribution in [0.1, 0.15) is 6.92 Å². The minimum Gasteiger partial charge on any atom is -0.481 e. The highest BCUT2D eigenvalue weighted by Gasteiger charge is 2.66. The van der Waals surface area contributed by atoms with Crippen LogP contribution in [0.3, 0.4) is 0 Å². The lowest BCUT2D eigenvalue weighted by atomic mass is 10.2. The molecular weight excluding hydrogens is 444 g/mol. The molecule has 0 aliphatic heterocycles. The second-order valence-electron chi connectivity index (χ2n) is 5.81. The molecule has 14 heteroatoms. The molecule has 10 nitrogen and oxygen atoms in total. The van der Waals surface area contributed by atoms with Gasteiger partial charge in [0.1, 0.15) is 11.6 Å². The van der Waals surface area contributed by atoms with Crippen LogP contribution in [-0.2, 0) is 9.53 Å². The van der Waals surface area contributed by atoms with Crippen molar-refractivity contribution in [2.24, 2.45) is 0 Å². The third-order valence-corrected chi connectivity index (χ3v) is 3.66. The summed E-state index contributed by atoms with van der Waals surface area (Å²) in [4.78, 5) is 32.2. The number of halogens is 4. The number of urea groups is 1. The van der Waals surface area contributed by atoms with Gasteiger partial charge in [0.2, 0.25) is 17.7 Å². The van der Waals surface area contributed by atoms with E-state index in [1.54, 1.807) is 0 Å². The minimum absolute atomic E-state index is 0.0674. The smallest absolute Gasteiger partial charge is 0.460 e. The normalized spacial score (nSPS) is 12.8. The number of amides is 2. The number of hydrogen-bond acceptors (Lipinski definition) is 8. The SMILES string of the molecule is CCOC(=O)[C@](NC(=O)Nc1nc(OC)cc(OC)n1)(Oc1ccc(F)cc1)C(F)(F)F. The summed E-state index contributed by atoms with van der Waals surface area (Å²) in [5.74, 6) is -3.93. The summed E-state index contributed by atoms with van der Waals surface area (Å²) in [6, 6.07) is 2.96. The van der Waals surface area contributed by atoms with Gasteiger partial charge in [-0.15, -0.1) is 0 Å². The maximum Gasteiger partial charge on any atom is 0.460 e. The molecule has 1 aromatic heterocycles. The van der Waals surface area contributed by atoms with Crippen molar-refractivity contribution < 1.29 is 46.1 Å². The zero-order valence-electron chi connectivity index (χ0n) is 16.9. The topological polar surface area (TPSA) is 121 Å². The van der Waals surface area contributed by atoms with Crippen LogP contribution in [0.5, 0.6) is 17.5 Å². The average molecular weight is 462 g/mol. The molecule has 0 aliphatic carbocycles. The van der Waals surface area contributed by atoms with Gasteiger partial charge >= 0.3 is 23.9 Å². The Labute approximate surface area is 178 Å². The van der Waals surface area contributed by atoms with Gasteiger partial charge in [0.05, 0.1) is 26.9 Å². The lowest BCUT2D eigenvalue weighted by Gasteiger charge is -2.33. The van der Waals surface area contributed by atoms with Crippen LogP contribution >= 0.6 is 0 Å². The number of methoxy groups -OCH3 is 2. The molecule has 0 radical (unpaired) electrons. The van der Waals surface area contributed by atoms with Crippen LogP contribution in [0.2, 0.25) is 0 Å². The van der Waals surface area contributed by atoms with Gasteiger partial charge in [-0.1, -0.05) is 0 Å². The maximum atomic E-state index is 14.0. The molecule has 2 N–H and O–H groups in total. The number of aromatic nitrogens is 2. The monoisotopic (exact) mass is 462 g/mol. The highest BCUT2D eigenvalue weighted by molar-refractivity contribution is 5.93. The van der Waals surface area contributed by atoms with Gasteiger partial charge in [-0.25, -0.2) is 14.0 Å². The zero-order chi connectivity index (χ0) is 23.9. The number of carbonyl (C=O) groups is 2. The van der Waals surface area contributed by atoms with Gasteiger partial charge in [-0.2, -0.15) is 23.1 Å². The molecule has 0 spiro atoms. The number of alkyl halides is 3. The Hall–Kier alpha value is -3.84. The molecule has 2 amide bonds. The first-order valence-electron chi connectivity index (χ1n) is 8.79. The molecule has 0 saturated carbocycles. The second-order valence-corrected chi connectivity index (χ2v) is 5.81. The highest BCUT2D eigenvalue weighted by atomic mass is 19.4. The Bertz CT molecular complexity index is 935. The standard InChI is InChI=1S/C18H18F4N4O6/c1-4-31-14(27)17(18(20,21)22,32-11-7-5-10(19)6-8-11)26-16(28)25-15-23-12(29-2)9-13(24-15)30-3/h5-9H,4H2,1-3H3,(H2,23,24,25,26,28)/t17-/m0/s1. The Balaban J connectivity index is 2.41. The van der Waals surface area contributed by atoms with E-state index in [2.05, 4.69) is 14.7 Å². The predicted molar refractivity (Wildman–Crippen MR) is 99.7 cm³/mol. The quantitative estimate of drug-likeness (QED) is 0.349. The lowest BCUT2D eigenvalue weighted by molar-refractivity contribution is -0.259. The van der Waals surface area contributed by atoms with E-state index in [0.717, 1.165) is 24.3 Å². The maximum absolute atomic E-state index is 14.0. The van der Waals surface area contributed by atoms with Crippen molar-refractivity contribution in [3.05, 3.63) is 36.1 Å². The van der Waals surface area contributed by atoms with Gasteiger partial charge < -0.3 is 18.9 Å². The molecule has 1 heterocycles. The number of carbonyl (C=O) groups excluding carboxylic acids is 2. The Morgan fingerprint density at radius 3 is 2.06 bits per heavy atom. The Kier molecular flexibility index (Phi) is 7.62. The van der Waals surface area contributed by atoms with E-state index in [-0.39, 0.29) is 11.8 Å². The van der Waals surface area contributed by atoms with E-state index >= 15 is 0 Å². The van der Waals surface area contributed by atoms with Crippen molar-refractivity contribution in [1.82, 2.24) is 15.3 Å². The fourth-order valence-corrected chi connectivity index (χ4v) is 2.24. The van der Waals surface area contributed by atoms with Crippen molar-refractivity contribution in [1.29, 1.82) is 0 Å². The van der Waals surface area contributed by atoms with E-state index < -0.39 is 48.0 Å². The molecule has 2 aromatic rings. The molecule has 0 bridgehead atoms. The average Bonchev–Trinajstić information content (AvgIpc) is 2.73. The van der Waals surface area contributed by atoms with Crippen LogP contribution in [0.4, 0.5) is 28.3 Å². The fourth-order valence-electron chi connectivity index (χ4n) is 2.24. The summed E-state index contributed by atoms with van der Waals surface area (Å²) in [5, 5.41) is 3.34. The summed E-state index contributed by atoms with van der Waals surface area (Å²) >= 11 is 0. The van der Waals surface area contributed by atoms with Crippen molar-refractivity contribution >= 4 is 17.9 Å². The number of ether oxygens (including phenoxy) is 4. The number of hydrogen-bond donors (Lipinski definition) is 2. The van der Waals surface area contributed by atoms with E-state index in [0.29, 0.717) is 0 Å². The van der Waals surface area contributed by atoms with Crippen molar-refractivity contribution in [2.45, 2.75) is 18.8 Å². The molecular formula is C18H18F4N4O6. The molecule has 1 atom stereocenters. The first-order chi connectivity index (χ1) is 15.0. The third-order valence-electron chi connectivity index (χ3n) is 3.66. The lowest BCUT2D eigenvalue weighted by Crippen LogP contribution is -2.69. The number of benzene rings is 1. The summed E-state index contributed by atoms with van der Waals surface area (Å²) in [5.41, 5.74) is -3.98. The van der Waals surface area contributed by atoms with E-state index in [1.165, 1.54) is 32.5 Å². The zero-order valence-corrected chi connectivity index (χ0v) is 16.9. The Morgan fingerprint density at radius 1 is 1.03 bits per heavy atom. The summed E-state index contributed by atoms with van der Waals surface area (Å²) < 4.78 is 74.3. The van der Waals surface area contributed by atoms with Gasteiger partial charge in [0.25, 0.3) is 0 Å². The predicted octanol–water partition coefficient (Wildman–Crippen LogP) is 2.66. The molecule has 174 valence electrons. The molecule has 0 saturated heterocycles. The van der Waals surface area contributed by atoms with E-state index in [4.69, 9.17) is 14.2 Å². The van der Waals surface area contributed by atoms with Crippen molar-refractivity contribution in [2.75, 3.05) is 26.1 Å². The van der Waals surface area contributed by atoms with Gasteiger partial charge in [0, 0.05) is 0 Å². The van der Waals surface area contributed by atoms with Crippen LogP contribution in [0, 0.1) is 5.82 Å². The fraction of sp³-hybridized carbons (Fsp3) is 0.333. The van der Waals surface area contributed by atoms with Crippen molar-refractivity contribution in [3.63, 3.8) is 0 Å². The van der Waals surface area contributed by atoms with Crippen LogP contribution in [0.15, 0.2) is 30.3 Å². The summed E-state index contributed by atoms with van der Waals surface area (Å²) in [6.45, 7) is 0.802. The van der Waals surface area contributed by atoms with Crippen molar-refractivity contribution in [3.8, 4) is 17.5 Å². The summed E-state index contributed by atoms with van der Waals surface area (Å²) in [7, 11) is 2.50. The number of anilines is 1. The number of nitrogens with zero attached hydrogens (tertiary/aromatic N) is 2. The van der Waals surface area contributed by atoms with Crippen LogP contribution < -0.4 is 24.8 Å². The molecule has 32 heavy (non-hydrogen) atoms. The number of esters is 1.